The van der Waals surface area contributed by atoms with Crippen molar-refractivity contribution >= 4 is 0 Å². The molecule has 2 rings (SSSR count). The van der Waals surface area contributed by atoms with Crippen molar-refractivity contribution in [1.29, 1.82) is 5.26 Å². The number of aliphatic hydroxyl groups is 1. The van der Waals surface area contributed by atoms with E-state index in [1.165, 1.54) is 0 Å². The third-order valence-electron chi connectivity index (χ3n) is 3.22. The minimum Gasteiger partial charge on any atom is -0.493 e. The Labute approximate surface area is 124 Å². The zero-order chi connectivity index (χ0) is 15.1. The minimum atomic E-state index is -1.35. The summed E-state index contributed by atoms with van der Waals surface area (Å²) in [5, 5.41) is 19.7. The van der Waals surface area contributed by atoms with E-state index in [2.05, 4.69) is 0 Å². The van der Waals surface area contributed by atoms with E-state index < -0.39 is 5.60 Å². The fourth-order valence-corrected chi connectivity index (χ4v) is 2.05. The van der Waals surface area contributed by atoms with E-state index in [9.17, 15) is 5.11 Å². The van der Waals surface area contributed by atoms with Gasteiger partial charge in [-0.25, -0.2) is 0 Å². The number of rotatable bonds is 6. The van der Waals surface area contributed by atoms with Crippen molar-refractivity contribution in [3.8, 4) is 17.6 Å². The van der Waals surface area contributed by atoms with E-state index in [0.29, 0.717) is 17.1 Å². The molecular formula is C17H17NO3. The number of hydrogen-bond donors (Lipinski definition) is 1. The Morgan fingerprint density at radius 1 is 1.05 bits per heavy atom. The summed E-state index contributed by atoms with van der Waals surface area (Å²) in [7, 11) is 1.56. The van der Waals surface area contributed by atoms with E-state index in [0.717, 1.165) is 0 Å². The van der Waals surface area contributed by atoms with Gasteiger partial charge in [-0.2, -0.15) is 5.26 Å². The Balaban J connectivity index is 2.20. The number of methoxy groups -OCH3 is 1. The van der Waals surface area contributed by atoms with Crippen molar-refractivity contribution in [3.05, 3.63) is 60.2 Å². The summed E-state index contributed by atoms with van der Waals surface area (Å²) >= 11 is 0. The lowest BCUT2D eigenvalue weighted by atomic mass is 9.92. The highest BCUT2D eigenvalue weighted by Gasteiger charge is 2.30. The first-order valence-corrected chi connectivity index (χ1v) is 6.60. The Morgan fingerprint density at radius 3 is 2.29 bits per heavy atom. The van der Waals surface area contributed by atoms with Gasteiger partial charge in [0, 0.05) is 0 Å². The molecule has 0 aliphatic rings. The topological polar surface area (TPSA) is 62.5 Å². The van der Waals surface area contributed by atoms with Gasteiger partial charge in [-0.1, -0.05) is 42.5 Å². The second-order valence-electron chi connectivity index (χ2n) is 4.67. The van der Waals surface area contributed by atoms with Crippen molar-refractivity contribution in [2.45, 2.75) is 12.0 Å². The fourth-order valence-electron chi connectivity index (χ4n) is 2.05. The van der Waals surface area contributed by atoms with Crippen LogP contribution >= 0.6 is 0 Å². The average molecular weight is 283 g/mol. The van der Waals surface area contributed by atoms with Gasteiger partial charge in [-0.05, 0) is 17.7 Å². The molecule has 0 amide bonds. The van der Waals surface area contributed by atoms with Crippen molar-refractivity contribution in [2.24, 2.45) is 0 Å². The van der Waals surface area contributed by atoms with Crippen LogP contribution in [-0.2, 0) is 5.60 Å². The van der Waals surface area contributed by atoms with E-state index in [4.69, 9.17) is 14.7 Å². The Hall–Kier alpha value is -2.51. The maximum atomic E-state index is 10.7. The third-order valence-corrected chi connectivity index (χ3v) is 3.22. The van der Waals surface area contributed by atoms with Gasteiger partial charge in [0.2, 0.25) is 0 Å². The summed E-state index contributed by atoms with van der Waals surface area (Å²) < 4.78 is 10.9. The van der Waals surface area contributed by atoms with Crippen molar-refractivity contribution in [2.75, 3.05) is 13.7 Å². The summed E-state index contributed by atoms with van der Waals surface area (Å²) in [6.45, 7) is -0.0229. The monoisotopic (exact) mass is 283 g/mol. The lowest BCUT2D eigenvalue weighted by molar-refractivity contribution is -0.00619. The molecule has 0 heterocycles. The molecule has 1 N–H and O–H groups in total. The van der Waals surface area contributed by atoms with Crippen LogP contribution in [-0.4, -0.2) is 18.8 Å². The first kappa shape index (κ1) is 14.9. The molecule has 0 radical (unpaired) electrons. The first-order chi connectivity index (χ1) is 10.2. The van der Waals surface area contributed by atoms with E-state index >= 15 is 0 Å². The molecule has 4 nitrogen and oxygen atoms in total. The molecule has 1 unspecified atom stereocenters. The van der Waals surface area contributed by atoms with Crippen LogP contribution in [0.4, 0.5) is 0 Å². The second kappa shape index (κ2) is 6.78. The van der Waals surface area contributed by atoms with Gasteiger partial charge in [0.15, 0.2) is 11.5 Å². The van der Waals surface area contributed by atoms with Gasteiger partial charge in [-0.15, -0.1) is 0 Å². The summed E-state index contributed by atoms with van der Waals surface area (Å²) in [5.74, 6) is 1.12. The van der Waals surface area contributed by atoms with Crippen LogP contribution in [0.2, 0.25) is 0 Å². The van der Waals surface area contributed by atoms with Gasteiger partial charge in [0.05, 0.1) is 19.6 Å². The van der Waals surface area contributed by atoms with Gasteiger partial charge in [0.25, 0.3) is 0 Å². The molecular weight excluding hydrogens is 266 g/mol. The van der Waals surface area contributed by atoms with Crippen LogP contribution < -0.4 is 9.47 Å². The van der Waals surface area contributed by atoms with Gasteiger partial charge >= 0.3 is 0 Å². The summed E-state index contributed by atoms with van der Waals surface area (Å²) in [5.41, 5.74) is -0.696. The zero-order valence-electron chi connectivity index (χ0n) is 11.8. The van der Waals surface area contributed by atoms with Crippen molar-refractivity contribution in [3.63, 3.8) is 0 Å². The highest BCUT2D eigenvalue weighted by atomic mass is 16.5. The molecule has 1 atom stereocenters. The molecule has 0 saturated carbocycles. The van der Waals surface area contributed by atoms with Crippen LogP contribution in [0, 0.1) is 11.3 Å². The van der Waals surface area contributed by atoms with E-state index in [-0.39, 0.29) is 13.0 Å². The number of benzene rings is 2. The lowest BCUT2D eigenvalue weighted by Crippen LogP contribution is -2.32. The Bertz CT molecular complexity index is 621. The maximum absolute atomic E-state index is 10.7. The maximum Gasteiger partial charge on any atom is 0.161 e. The Morgan fingerprint density at radius 2 is 1.67 bits per heavy atom. The molecule has 21 heavy (non-hydrogen) atoms. The molecule has 0 saturated heterocycles. The number of nitrogens with zero attached hydrogens (tertiary/aromatic N) is 1. The summed E-state index contributed by atoms with van der Waals surface area (Å²) in [6, 6.07) is 18.3. The van der Waals surface area contributed by atoms with Crippen LogP contribution in [0.3, 0.4) is 0 Å². The zero-order valence-corrected chi connectivity index (χ0v) is 11.8. The molecule has 0 aliphatic heterocycles. The highest BCUT2D eigenvalue weighted by Crippen LogP contribution is 2.30. The molecule has 0 aromatic heterocycles. The number of nitriles is 1. The van der Waals surface area contributed by atoms with E-state index in [1.807, 2.05) is 36.4 Å². The molecule has 108 valence electrons. The Kier molecular flexibility index (Phi) is 4.81. The first-order valence-electron chi connectivity index (χ1n) is 6.60. The van der Waals surface area contributed by atoms with Crippen LogP contribution in [0.15, 0.2) is 54.6 Å². The average Bonchev–Trinajstić information content (AvgIpc) is 2.54. The third kappa shape index (κ3) is 3.53. The second-order valence-corrected chi connectivity index (χ2v) is 4.67. The summed E-state index contributed by atoms with van der Waals surface area (Å²) in [4.78, 5) is 0. The largest absolute Gasteiger partial charge is 0.493 e. The number of hydrogen-bond acceptors (Lipinski definition) is 4. The summed E-state index contributed by atoms with van der Waals surface area (Å²) in [6.07, 6.45) is -0.0494. The molecule has 0 spiro atoms. The number of para-hydroxylation sites is 2. The lowest BCUT2D eigenvalue weighted by Gasteiger charge is -2.26. The minimum absolute atomic E-state index is 0.0229. The van der Waals surface area contributed by atoms with Crippen LogP contribution in [0.25, 0.3) is 0 Å². The molecule has 0 aliphatic carbocycles. The van der Waals surface area contributed by atoms with Gasteiger partial charge in [-0.3, -0.25) is 0 Å². The molecule has 2 aromatic carbocycles. The van der Waals surface area contributed by atoms with Crippen LogP contribution in [0.1, 0.15) is 12.0 Å². The normalized spacial score (nSPS) is 13.0. The van der Waals surface area contributed by atoms with Gasteiger partial charge < -0.3 is 14.6 Å². The quantitative estimate of drug-likeness (QED) is 0.885. The smallest absolute Gasteiger partial charge is 0.161 e. The van der Waals surface area contributed by atoms with E-state index in [1.54, 1.807) is 31.4 Å². The predicted molar refractivity (Wildman–Crippen MR) is 79.1 cm³/mol. The van der Waals surface area contributed by atoms with Crippen LogP contribution in [0.5, 0.6) is 11.5 Å². The van der Waals surface area contributed by atoms with Gasteiger partial charge in [0.1, 0.15) is 12.2 Å². The number of ether oxygens (including phenoxy) is 2. The predicted octanol–water partition coefficient (Wildman–Crippen LogP) is 2.88. The fraction of sp³-hybridized carbons (Fsp3) is 0.235. The molecule has 4 heteroatoms. The van der Waals surface area contributed by atoms with Crippen molar-refractivity contribution < 1.29 is 14.6 Å². The molecule has 0 bridgehead atoms. The molecule has 0 fully saturated rings. The molecule has 2 aromatic rings. The highest BCUT2D eigenvalue weighted by molar-refractivity contribution is 5.39. The SMILES string of the molecule is COc1ccccc1OCC(O)(CC#N)c1ccccc1. The van der Waals surface area contributed by atoms with Crippen molar-refractivity contribution in [1.82, 2.24) is 0 Å². The standard InChI is InChI=1S/C17H17NO3/c1-20-15-9-5-6-10-16(15)21-13-17(19,11-12-18)14-7-3-2-4-8-14/h2-10,19H,11,13H2,1H3.